The van der Waals surface area contributed by atoms with Crippen LogP contribution >= 0.6 is 0 Å². The summed E-state index contributed by atoms with van der Waals surface area (Å²) in [6.45, 7) is 2.04. The fourth-order valence-electron chi connectivity index (χ4n) is 2.18. The molecule has 2 rings (SSSR count). The molecule has 0 bridgehead atoms. The number of ether oxygens (including phenoxy) is 2. The molecule has 0 aliphatic carbocycles. The fraction of sp³-hybridized carbons (Fsp3) is 0.235. The molecule has 0 heterocycles. The van der Waals surface area contributed by atoms with Gasteiger partial charge in [0.05, 0.1) is 14.2 Å². The first kappa shape index (κ1) is 14.1. The number of benzene rings is 2. The topological polar surface area (TPSA) is 35.5 Å². The van der Waals surface area contributed by atoms with Gasteiger partial charge in [-0.05, 0) is 30.2 Å². The molecule has 20 heavy (non-hydrogen) atoms. The largest absolute Gasteiger partial charge is 0.493 e. The summed E-state index contributed by atoms with van der Waals surface area (Å²) in [6.07, 6.45) is 0.829. The molecule has 0 fully saturated rings. The van der Waals surface area contributed by atoms with Crippen LogP contribution in [0.1, 0.15) is 28.4 Å². The molecule has 0 unspecified atom stereocenters. The smallest absolute Gasteiger partial charge is 0.193 e. The molecule has 0 aliphatic heterocycles. The Morgan fingerprint density at radius 3 is 2.35 bits per heavy atom. The predicted octanol–water partition coefficient (Wildman–Crippen LogP) is 3.50. The lowest BCUT2D eigenvalue weighted by atomic mass is 9.97. The van der Waals surface area contributed by atoms with Crippen LogP contribution in [0.25, 0.3) is 0 Å². The molecule has 0 aliphatic rings. The number of hydrogen-bond acceptors (Lipinski definition) is 3. The van der Waals surface area contributed by atoms with Crippen molar-refractivity contribution in [3.05, 3.63) is 59.2 Å². The van der Waals surface area contributed by atoms with Crippen LogP contribution in [0, 0.1) is 0 Å². The Balaban J connectivity index is 2.43. The number of hydrogen-bond donors (Lipinski definition) is 0. The number of methoxy groups -OCH3 is 2. The Morgan fingerprint density at radius 1 is 1.00 bits per heavy atom. The Hall–Kier alpha value is -2.29. The van der Waals surface area contributed by atoms with Gasteiger partial charge in [-0.25, -0.2) is 0 Å². The summed E-state index contributed by atoms with van der Waals surface area (Å²) in [7, 11) is 3.14. The monoisotopic (exact) mass is 270 g/mol. The molecule has 0 radical (unpaired) electrons. The van der Waals surface area contributed by atoms with E-state index in [0.29, 0.717) is 17.1 Å². The lowest BCUT2D eigenvalue weighted by Crippen LogP contribution is -2.05. The molecule has 0 saturated carbocycles. The van der Waals surface area contributed by atoms with Gasteiger partial charge in [-0.2, -0.15) is 0 Å². The van der Waals surface area contributed by atoms with Gasteiger partial charge in [-0.3, -0.25) is 4.79 Å². The molecule has 0 atom stereocenters. The molecule has 3 nitrogen and oxygen atoms in total. The molecule has 0 amide bonds. The highest BCUT2D eigenvalue weighted by atomic mass is 16.5. The minimum Gasteiger partial charge on any atom is -0.493 e. The first-order valence-electron chi connectivity index (χ1n) is 6.55. The van der Waals surface area contributed by atoms with Gasteiger partial charge < -0.3 is 9.47 Å². The summed E-state index contributed by atoms with van der Waals surface area (Å²) in [5.41, 5.74) is 2.39. The number of ketones is 1. The van der Waals surface area contributed by atoms with Crippen LogP contribution in [0.15, 0.2) is 42.5 Å². The van der Waals surface area contributed by atoms with Crippen molar-refractivity contribution in [3.63, 3.8) is 0 Å². The highest BCUT2D eigenvalue weighted by Crippen LogP contribution is 2.28. The van der Waals surface area contributed by atoms with E-state index in [-0.39, 0.29) is 5.78 Å². The van der Waals surface area contributed by atoms with E-state index in [2.05, 4.69) is 0 Å². The maximum absolute atomic E-state index is 12.6. The maximum atomic E-state index is 12.6. The number of carbonyl (C=O) groups excluding carboxylic acids is 1. The Bertz CT molecular complexity index is 617. The normalized spacial score (nSPS) is 10.2. The van der Waals surface area contributed by atoms with Gasteiger partial charge in [0, 0.05) is 11.1 Å². The Morgan fingerprint density at radius 2 is 1.70 bits per heavy atom. The minimum atomic E-state index is 0.00315. The van der Waals surface area contributed by atoms with E-state index in [1.54, 1.807) is 32.4 Å². The van der Waals surface area contributed by atoms with Crippen molar-refractivity contribution in [2.75, 3.05) is 14.2 Å². The standard InChI is InChI=1S/C17H18O3/c1-4-12-7-5-6-8-14(12)17(18)13-9-10-15(19-2)16(11-13)20-3/h5-11H,4H2,1-3H3. The molecular formula is C17H18O3. The van der Waals surface area contributed by atoms with Gasteiger partial charge in [0.15, 0.2) is 17.3 Å². The summed E-state index contributed by atoms with van der Waals surface area (Å²) in [6, 6.07) is 12.9. The summed E-state index contributed by atoms with van der Waals surface area (Å²) >= 11 is 0. The van der Waals surface area contributed by atoms with Crippen LogP contribution in [0.3, 0.4) is 0 Å². The van der Waals surface area contributed by atoms with Crippen LogP contribution in [-0.4, -0.2) is 20.0 Å². The molecule has 2 aromatic carbocycles. The third kappa shape index (κ3) is 2.67. The highest BCUT2D eigenvalue weighted by Gasteiger charge is 2.14. The zero-order valence-corrected chi connectivity index (χ0v) is 12.0. The summed E-state index contributed by atoms with van der Waals surface area (Å²) in [5, 5.41) is 0. The molecule has 0 aromatic heterocycles. The van der Waals surface area contributed by atoms with Crippen LogP contribution in [0.5, 0.6) is 11.5 Å². The molecule has 0 spiro atoms. The van der Waals surface area contributed by atoms with Crippen molar-refractivity contribution in [2.45, 2.75) is 13.3 Å². The second-order valence-electron chi connectivity index (χ2n) is 4.41. The zero-order valence-electron chi connectivity index (χ0n) is 12.0. The van der Waals surface area contributed by atoms with Crippen LogP contribution in [0.4, 0.5) is 0 Å². The van der Waals surface area contributed by atoms with Crippen LogP contribution in [0.2, 0.25) is 0 Å². The third-order valence-electron chi connectivity index (χ3n) is 3.29. The van der Waals surface area contributed by atoms with E-state index >= 15 is 0 Å². The average molecular weight is 270 g/mol. The summed E-state index contributed by atoms with van der Waals surface area (Å²) in [5.74, 6) is 1.18. The lowest BCUT2D eigenvalue weighted by molar-refractivity contribution is 0.103. The SMILES string of the molecule is CCc1ccccc1C(=O)c1ccc(OC)c(OC)c1. The predicted molar refractivity (Wildman–Crippen MR) is 78.8 cm³/mol. The second kappa shape index (κ2) is 6.24. The Labute approximate surface area is 119 Å². The van der Waals surface area contributed by atoms with Gasteiger partial charge in [-0.1, -0.05) is 31.2 Å². The van der Waals surface area contributed by atoms with E-state index in [1.165, 1.54) is 0 Å². The van der Waals surface area contributed by atoms with E-state index in [1.807, 2.05) is 31.2 Å². The fourth-order valence-corrected chi connectivity index (χ4v) is 2.18. The minimum absolute atomic E-state index is 0.00315. The first-order valence-corrected chi connectivity index (χ1v) is 6.55. The maximum Gasteiger partial charge on any atom is 0.193 e. The quantitative estimate of drug-likeness (QED) is 0.780. The van der Waals surface area contributed by atoms with Gasteiger partial charge in [0.25, 0.3) is 0 Å². The van der Waals surface area contributed by atoms with Gasteiger partial charge in [0.1, 0.15) is 0 Å². The zero-order chi connectivity index (χ0) is 14.5. The molecular weight excluding hydrogens is 252 g/mol. The van der Waals surface area contributed by atoms with Crippen molar-refractivity contribution in [3.8, 4) is 11.5 Å². The van der Waals surface area contributed by atoms with Crippen LogP contribution in [-0.2, 0) is 6.42 Å². The van der Waals surface area contributed by atoms with Crippen molar-refractivity contribution in [2.24, 2.45) is 0 Å². The van der Waals surface area contributed by atoms with Gasteiger partial charge in [0.2, 0.25) is 0 Å². The van der Waals surface area contributed by atoms with E-state index in [0.717, 1.165) is 17.5 Å². The lowest BCUT2D eigenvalue weighted by Gasteiger charge is -2.10. The first-order chi connectivity index (χ1) is 9.71. The Kier molecular flexibility index (Phi) is 4.41. The molecule has 3 heteroatoms. The number of aryl methyl sites for hydroxylation is 1. The molecule has 2 aromatic rings. The third-order valence-corrected chi connectivity index (χ3v) is 3.29. The molecule has 0 N–H and O–H groups in total. The summed E-state index contributed by atoms with van der Waals surface area (Å²) < 4.78 is 10.4. The van der Waals surface area contributed by atoms with Crippen LogP contribution < -0.4 is 9.47 Å². The summed E-state index contributed by atoms with van der Waals surface area (Å²) in [4.78, 5) is 12.6. The highest BCUT2D eigenvalue weighted by molar-refractivity contribution is 6.10. The van der Waals surface area contributed by atoms with Gasteiger partial charge in [-0.15, -0.1) is 0 Å². The molecule has 104 valence electrons. The van der Waals surface area contributed by atoms with Gasteiger partial charge >= 0.3 is 0 Å². The average Bonchev–Trinajstić information content (AvgIpc) is 2.53. The number of rotatable bonds is 5. The van der Waals surface area contributed by atoms with E-state index < -0.39 is 0 Å². The van der Waals surface area contributed by atoms with Crippen molar-refractivity contribution in [1.29, 1.82) is 0 Å². The molecule has 0 saturated heterocycles. The van der Waals surface area contributed by atoms with Crippen molar-refractivity contribution in [1.82, 2.24) is 0 Å². The van der Waals surface area contributed by atoms with E-state index in [9.17, 15) is 4.79 Å². The van der Waals surface area contributed by atoms with E-state index in [4.69, 9.17) is 9.47 Å². The van der Waals surface area contributed by atoms with Crippen molar-refractivity contribution < 1.29 is 14.3 Å². The second-order valence-corrected chi connectivity index (χ2v) is 4.41. The number of carbonyl (C=O) groups is 1. The van der Waals surface area contributed by atoms with Crippen molar-refractivity contribution >= 4 is 5.78 Å².